The van der Waals surface area contributed by atoms with Crippen LogP contribution in [0.1, 0.15) is 51.4 Å². The number of pyridine rings is 2. The number of nitrogens with one attached hydrogen (secondary N) is 3. The Morgan fingerprint density at radius 1 is 1.00 bits per heavy atom. The SMILES string of the molecule is O=C(Nc1cncc(-c2cc3c(-c4nc5c(N6CCCCC6)nccc5[nH]4)n[nH]c3cc2F)c1)C1CCCCC1. The fourth-order valence-electron chi connectivity index (χ4n) is 6.08. The molecule has 3 N–H and O–H groups in total. The van der Waals surface area contributed by atoms with Crippen molar-refractivity contribution in [3.8, 4) is 22.6 Å². The maximum absolute atomic E-state index is 15.3. The van der Waals surface area contributed by atoms with E-state index in [1.807, 2.05) is 6.07 Å². The number of piperidine rings is 1. The van der Waals surface area contributed by atoms with E-state index in [4.69, 9.17) is 4.98 Å². The third-order valence-electron chi connectivity index (χ3n) is 8.20. The average Bonchev–Trinajstić information content (AvgIpc) is 3.61. The summed E-state index contributed by atoms with van der Waals surface area (Å²) in [5.74, 6) is 1.10. The smallest absolute Gasteiger partial charge is 0.227 e. The highest BCUT2D eigenvalue weighted by atomic mass is 19.1. The molecule has 5 heterocycles. The zero-order valence-electron chi connectivity index (χ0n) is 22.2. The molecule has 1 saturated carbocycles. The van der Waals surface area contributed by atoms with Crippen molar-refractivity contribution in [3.63, 3.8) is 0 Å². The molecule has 9 nitrogen and oxygen atoms in total. The monoisotopic (exact) mass is 538 g/mol. The van der Waals surface area contributed by atoms with Gasteiger partial charge in [-0.2, -0.15) is 5.10 Å². The van der Waals surface area contributed by atoms with Crippen molar-refractivity contribution in [3.05, 3.63) is 48.7 Å². The lowest BCUT2D eigenvalue weighted by molar-refractivity contribution is -0.120. The van der Waals surface area contributed by atoms with E-state index >= 15 is 4.39 Å². The lowest BCUT2D eigenvalue weighted by Crippen LogP contribution is -2.30. The molecule has 204 valence electrons. The second-order valence-corrected chi connectivity index (χ2v) is 10.9. The second kappa shape index (κ2) is 10.3. The first-order valence-corrected chi connectivity index (χ1v) is 14.2. The summed E-state index contributed by atoms with van der Waals surface area (Å²) in [6, 6.07) is 6.90. The van der Waals surface area contributed by atoms with Gasteiger partial charge in [-0.15, -0.1) is 0 Å². The van der Waals surface area contributed by atoms with Crippen LogP contribution in [0.4, 0.5) is 15.9 Å². The standard InChI is InChI=1S/C30H31FN8O/c31-23-15-25-22(14-21(23)19-13-20(17-32-16-19)34-30(40)18-7-3-1-4-8-18)26(38-37-25)28-35-24-9-10-33-29(27(24)36-28)39-11-5-2-6-12-39/h9-10,13-18H,1-8,11-12H2,(H,34,40)(H,35,36)(H,37,38). The number of amides is 1. The highest BCUT2D eigenvalue weighted by Crippen LogP contribution is 2.34. The highest BCUT2D eigenvalue weighted by Gasteiger charge is 2.23. The lowest BCUT2D eigenvalue weighted by Gasteiger charge is -2.27. The molecule has 1 saturated heterocycles. The lowest BCUT2D eigenvalue weighted by atomic mass is 9.88. The van der Waals surface area contributed by atoms with Crippen molar-refractivity contribution >= 4 is 39.3 Å². The Morgan fingerprint density at radius 2 is 1.82 bits per heavy atom. The quantitative estimate of drug-likeness (QED) is 0.245. The molecule has 2 fully saturated rings. The zero-order valence-corrected chi connectivity index (χ0v) is 22.2. The molecule has 10 heteroatoms. The molecule has 7 rings (SSSR count). The molecule has 1 aliphatic carbocycles. The topological polar surface area (TPSA) is 115 Å². The maximum Gasteiger partial charge on any atom is 0.227 e. The van der Waals surface area contributed by atoms with E-state index in [0.29, 0.717) is 33.8 Å². The summed E-state index contributed by atoms with van der Waals surface area (Å²) in [4.78, 5) is 32.3. The van der Waals surface area contributed by atoms with Crippen LogP contribution in [0.3, 0.4) is 0 Å². The predicted octanol–water partition coefficient (Wildman–Crippen LogP) is 6.21. The van der Waals surface area contributed by atoms with Gasteiger partial charge in [-0.05, 0) is 50.3 Å². The van der Waals surface area contributed by atoms with E-state index in [1.165, 1.54) is 18.9 Å². The largest absolute Gasteiger partial charge is 0.355 e. The van der Waals surface area contributed by atoms with Gasteiger partial charge in [0.05, 0.1) is 22.9 Å². The molecule has 1 aliphatic heterocycles. The fraction of sp³-hybridized carbons (Fsp3) is 0.367. The van der Waals surface area contributed by atoms with Crippen LogP contribution in [-0.2, 0) is 4.79 Å². The van der Waals surface area contributed by atoms with Gasteiger partial charge in [-0.1, -0.05) is 19.3 Å². The third-order valence-corrected chi connectivity index (χ3v) is 8.20. The maximum atomic E-state index is 15.3. The molecule has 0 unspecified atom stereocenters. The molecule has 4 aromatic heterocycles. The van der Waals surface area contributed by atoms with Gasteiger partial charge < -0.3 is 15.2 Å². The van der Waals surface area contributed by atoms with Gasteiger partial charge in [0.2, 0.25) is 5.91 Å². The van der Waals surface area contributed by atoms with E-state index < -0.39 is 5.82 Å². The van der Waals surface area contributed by atoms with Gasteiger partial charge in [0.15, 0.2) is 11.6 Å². The fourth-order valence-corrected chi connectivity index (χ4v) is 6.08. The number of hydrogen-bond donors (Lipinski definition) is 3. The van der Waals surface area contributed by atoms with Crippen LogP contribution < -0.4 is 10.2 Å². The molecular weight excluding hydrogens is 507 g/mol. The van der Waals surface area contributed by atoms with Crippen LogP contribution in [0.25, 0.3) is 44.6 Å². The Morgan fingerprint density at radius 3 is 2.67 bits per heavy atom. The van der Waals surface area contributed by atoms with Gasteiger partial charge in [0, 0.05) is 54.0 Å². The number of aromatic amines is 2. The minimum absolute atomic E-state index is 0.00925. The first-order chi connectivity index (χ1) is 19.6. The summed E-state index contributed by atoms with van der Waals surface area (Å²) in [5.41, 5.74) is 4.39. The highest BCUT2D eigenvalue weighted by molar-refractivity contribution is 5.98. The summed E-state index contributed by atoms with van der Waals surface area (Å²) in [5, 5.41) is 11.2. The van der Waals surface area contributed by atoms with Crippen LogP contribution in [-0.4, -0.2) is 49.1 Å². The van der Waals surface area contributed by atoms with Crippen LogP contribution in [0, 0.1) is 11.7 Å². The summed E-state index contributed by atoms with van der Waals surface area (Å²) in [7, 11) is 0. The summed E-state index contributed by atoms with van der Waals surface area (Å²) < 4.78 is 15.3. The Balaban J connectivity index is 1.23. The average molecular weight is 539 g/mol. The van der Waals surface area contributed by atoms with Crippen LogP contribution in [0.5, 0.6) is 0 Å². The molecule has 1 amide bonds. The Kier molecular flexibility index (Phi) is 6.37. The minimum Gasteiger partial charge on any atom is -0.355 e. The molecule has 2 aliphatic rings. The molecule has 0 bridgehead atoms. The van der Waals surface area contributed by atoms with Gasteiger partial charge in [-0.3, -0.25) is 14.9 Å². The number of rotatable bonds is 5. The number of carbonyl (C=O) groups excluding carboxylic acids is 1. The van der Waals surface area contributed by atoms with Crippen molar-refractivity contribution in [1.82, 2.24) is 30.1 Å². The van der Waals surface area contributed by atoms with Crippen molar-refractivity contribution in [1.29, 1.82) is 0 Å². The number of H-pyrrole nitrogens is 2. The predicted molar refractivity (Wildman–Crippen MR) is 153 cm³/mol. The summed E-state index contributed by atoms with van der Waals surface area (Å²) >= 11 is 0. The van der Waals surface area contributed by atoms with E-state index in [1.54, 1.807) is 30.7 Å². The summed E-state index contributed by atoms with van der Waals surface area (Å²) in [6.45, 7) is 1.94. The molecule has 0 spiro atoms. The number of hydrogen-bond acceptors (Lipinski definition) is 6. The van der Waals surface area contributed by atoms with Crippen LogP contribution in [0.15, 0.2) is 42.9 Å². The Hall–Kier alpha value is -4.34. The number of nitrogens with zero attached hydrogens (tertiary/aromatic N) is 5. The van der Waals surface area contributed by atoms with Crippen molar-refractivity contribution in [2.45, 2.75) is 51.4 Å². The second-order valence-electron chi connectivity index (χ2n) is 10.9. The van der Waals surface area contributed by atoms with E-state index in [2.05, 4.69) is 35.4 Å². The number of aromatic nitrogens is 6. The Labute approximate surface area is 230 Å². The van der Waals surface area contributed by atoms with Crippen LogP contribution >= 0.6 is 0 Å². The zero-order chi connectivity index (χ0) is 27.1. The van der Waals surface area contributed by atoms with Gasteiger partial charge >= 0.3 is 0 Å². The number of carbonyl (C=O) groups is 1. The van der Waals surface area contributed by atoms with E-state index in [9.17, 15) is 4.79 Å². The van der Waals surface area contributed by atoms with Gasteiger partial charge in [-0.25, -0.2) is 14.4 Å². The van der Waals surface area contributed by atoms with Gasteiger partial charge in [0.1, 0.15) is 17.0 Å². The molecule has 40 heavy (non-hydrogen) atoms. The van der Waals surface area contributed by atoms with E-state index in [-0.39, 0.29) is 11.8 Å². The number of halogens is 1. The molecular formula is C30H31FN8O. The molecule has 0 atom stereocenters. The van der Waals surface area contributed by atoms with Crippen molar-refractivity contribution in [2.24, 2.45) is 5.92 Å². The number of imidazole rings is 1. The van der Waals surface area contributed by atoms with Crippen LogP contribution in [0.2, 0.25) is 0 Å². The van der Waals surface area contributed by atoms with E-state index in [0.717, 1.165) is 73.9 Å². The molecule has 0 radical (unpaired) electrons. The van der Waals surface area contributed by atoms with Gasteiger partial charge in [0.25, 0.3) is 0 Å². The molecule has 5 aromatic rings. The number of benzene rings is 1. The first kappa shape index (κ1) is 24.7. The minimum atomic E-state index is -0.401. The number of fused-ring (bicyclic) bond motifs is 2. The third kappa shape index (κ3) is 4.57. The first-order valence-electron chi connectivity index (χ1n) is 14.2. The van der Waals surface area contributed by atoms with Crippen molar-refractivity contribution in [2.75, 3.05) is 23.3 Å². The number of anilines is 2. The molecule has 1 aromatic carbocycles. The Bertz CT molecular complexity index is 1700. The normalized spacial score (nSPS) is 16.6. The van der Waals surface area contributed by atoms with Crippen molar-refractivity contribution < 1.29 is 9.18 Å². The summed E-state index contributed by atoms with van der Waals surface area (Å²) in [6.07, 6.45) is 13.7.